The molecule has 1 aliphatic carbocycles. The van der Waals surface area contributed by atoms with Crippen molar-refractivity contribution in [3.05, 3.63) is 36.2 Å². The lowest BCUT2D eigenvalue weighted by molar-refractivity contribution is 0.265. The molecule has 3 nitrogen and oxygen atoms in total. The molecule has 2 heterocycles. The normalized spacial score (nSPS) is 19.6. The van der Waals surface area contributed by atoms with E-state index in [1.165, 1.54) is 42.6 Å². The first kappa shape index (κ1) is 11.1. The van der Waals surface area contributed by atoms with Crippen LogP contribution in [0, 0.1) is 0 Å². The summed E-state index contributed by atoms with van der Waals surface area (Å²) >= 11 is 0. The molecule has 0 amide bonds. The highest BCUT2D eigenvalue weighted by atomic mass is 15.2. The number of aryl methyl sites for hydroxylation is 1. The van der Waals surface area contributed by atoms with Gasteiger partial charge in [0.25, 0.3) is 0 Å². The number of anilines is 1. The average Bonchev–Trinajstić information content (AvgIpc) is 2.91. The Morgan fingerprint density at radius 2 is 2.00 bits per heavy atom. The van der Waals surface area contributed by atoms with E-state index in [-0.39, 0.29) is 0 Å². The van der Waals surface area contributed by atoms with Crippen molar-refractivity contribution < 1.29 is 0 Å². The summed E-state index contributed by atoms with van der Waals surface area (Å²) in [4.78, 5) is 2.42. The predicted molar refractivity (Wildman–Crippen MR) is 77.4 cm³/mol. The van der Waals surface area contributed by atoms with Crippen LogP contribution in [0.5, 0.6) is 0 Å². The zero-order valence-corrected chi connectivity index (χ0v) is 11.6. The predicted octanol–water partition coefficient (Wildman–Crippen LogP) is 2.96. The third kappa shape index (κ3) is 1.47. The molecule has 19 heavy (non-hydrogen) atoms. The number of fused-ring (bicyclic) bond motifs is 2. The Morgan fingerprint density at radius 1 is 1.16 bits per heavy atom. The molecule has 0 unspecified atom stereocenters. The van der Waals surface area contributed by atoms with Crippen LogP contribution in [-0.4, -0.2) is 23.4 Å². The molecule has 2 aromatic rings. The lowest BCUT2D eigenvalue weighted by atomic mass is 9.65. The first-order valence-electron chi connectivity index (χ1n) is 7.03. The molecule has 1 saturated carbocycles. The number of hydrogen-bond donors (Lipinski definition) is 0. The fraction of sp³-hybridized carbons (Fsp3) is 0.438. The molecule has 0 N–H and O–H groups in total. The van der Waals surface area contributed by atoms with Crippen molar-refractivity contribution >= 4 is 5.69 Å². The van der Waals surface area contributed by atoms with Crippen LogP contribution >= 0.6 is 0 Å². The summed E-state index contributed by atoms with van der Waals surface area (Å²) in [5.41, 5.74) is 5.94. The highest BCUT2D eigenvalue weighted by Gasteiger charge is 2.45. The molecule has 0 bridgehead atoms. The Balaban J connectivity index is 1.83. The smallest absolute Gasteiger partial charge is 0.0568 e. The van der Waals surface area contributed by atoms with E-state index in [4.69, 9.17) is 0 Å². The maximum Gasteiger partial charge on any atom is 0.0568 e. The molecule has 1 aromatic carbocycles. The highest BCUT2D eigenvalue weighted by Crippen LogP contribution is 2.52. The van der Waals surface area contributed by atoms with Crippen LogP contribution in [0.25, 0.3) is 11.1 Å². The standard InChI is InChI=1S/C16H19N3/c1-18-11-16(6-3-7-16)14-8-12(4-5-15(14)18)13-9-17-19(2)10-13/h4-5,8-10H,3,6-7,11H2,1-2H3. The molecule has 0 atom stereocenters. The van der Waals surface area contributed by atoms with Gasteiger partial charge < -0.3 is 4.90 Å². The fourth-order valence-corrected chi connectivity index (χ4v) is 3.70. The highest BCUT2D eigenvalue weighted by molar-refractivity contribution is 5.72. The summed E-state index contributed by atoms with van der Waals surface area (Å²) in [6.45, 7) is 1.19. The van der Waals surface area contributed by atoms with Crippen LogP contribution in [0.4, 0.5) is 5.69 Å². The van der Waals surface area contributed by atoms with E-state index < -0.39 is 0 Å². The second-order valence-electron chi connectivity index (χ2n) is 6.12. The number of benzene rings is 1. The molecule has 1 fully saturated rings. The van der Waals surface area contributed by atoms with E-state index in [9.17, 15) is 0 Å². The quantitative estimate of drug-likeness (QED) is 0.779. The molecule has 98 valence electrons. The van der Waals surface area contributed by atoms with Crippen LogP contribution < -0.4 is 4.90 Å². The maximum absolute atomic E-state index is 4.28. The lowest BCUT2D eigenvalue weighted by Gasteiger charge is -2.39. The topological polar surface area (TPSA) is 21.1 Å². The van der Waals surface area contributed by atoms with Crippen molar-refractivity contribution in [1.29, 1.82) is 0 Å². The van der Waals surface area contributed by atoms with Crippen LogP contribution in [-0.2, 0) is 12.5 Å². The number of likely N-dealkylation sites (N-methyl/N-ethyl adjacent to an activating group) is 1. The molecule has 0 radical (unpaired) electrons. The monoisotopic (exact) mass is 253 g/mol. The summed E-state index contributed by atoms with van der Waals surface area (Å²) < 4.78 is 1.87. The Kier molecular flexibility index (Phi) is 2.12. The Morgan fingerprint density at radius 3 is 2.63 bits per heavy atom. The Bertz CT molecular complexity index is 637. The van der Waals surface area contributed by atoms with Gasteiger partial charge >= 0.3 is 0 Å². The van der Waals surface area contributed by atoms with Crippen molar-refractivity contribution in [1.82, 2.24) is 9.78 Å². The number of nitrogens with zero attached hydrogens (tertiary/aromatic N) is 3. The summed E-state index contributed by atoms with van der Waals surface area (Å²) in [6.07, 6.45) is 8.12. The number of hydrogen-bond acceptors (Lipinski definition) is 2. The van der Waals surface area contributed by atoms with Gasteiger partial charge in [-0.2, -0.15) is 5.10 Å². The number of aromatic nitrogens is 2. The summed E-state index contributed by atoms with van der Waals surface area (Å²) in [5.74, 6) is 0. The van der Waals surface area contributed by atoms with Crippen LogP contribution in [0.3, 0.4) is 0 Å². The zero-order chi connectivity index (χ0) is 13.0. The molecular formula is C16H19N3. The van der Waals surface area contributed by atoms with E-state index in [0.29, 0.717) is 5.41 Å². The Hall–Kier alpha value is -1.77. The van der Waals surface area contributed by atoms with Gasteiger partial charge in [0.05, 0.1) is 6.20 Å². The first-order chi connectivity index (χ1) is 9.18. The van der Waals surface area contributed by atoms with Gasteiger partial charge in [-0.25, -0.2) is 0 Å². The molecule has 1 aromatic heterocycles. The molecule has 4 rings (SSSR count). The van der Waals surface area contributed by atoms with E-state index in [1.807, 2.05) is 17.9 Å². The molecule has 1 spiro atoms. The molecule has 3 heteroatoms. The number of rotatable bonds is 1. The van der Waals surface area contributed by atoms with Gasteiger partial charge in [-0.15, -0.1) is 0 Å². The van der Waals surface area contributed by atoms with Crippen molar-refractivity contribution in [3.63, 3.8) is 0 Å². The third-order valence-electron chi connectivity index (χ3n) is 4.87. The lowest BCUT2D eigenvalue weighted by Crippen LogP contribution is -2.38. The summed E-state index contributed by atoms with van der Waals surface area (Å²) in [6, 6.07) is 6.91. The summed E-state index contributed by atoms with van der Waals surface area (Å²) in [7, 11) is 4.19. The maximum atomic E-state index is 4.28. The van der Waals surface area contributed by atoms with Crippen molar-refractivity contribution in [2.75, 3.05) is 18.5 Å². The van der Waals surface area contributed by atoms with Gasteiger partial charge in [0.15, 0.2) is 0 Å². The zero-order valence-electron chi connectivity index (χ0n) is 11.6. The van der Waals surface area contributed by atoms with Crippen LogP contribution in [0.1, 0.15) is 24.8 Å². The molecule has 2 aliphatic rings. The van der Waals surface area contributed by atoms with Gasteiger partial charge in [-0.05, 0) is 36.1 Å². The second kappa shape index (κ2) is 3.62. The largest absolute Gasteiger partial charge is 0.373 e. The van der Waals surface area contributed by atoms with Gasteiger partial charge in [0.1, 0.15) is 0 Å². The molecular weight excluding hydrogens is 234 g/mol. The minimum Gasteiger partial charge on any atom is -0.373 e. The third-order valence-corrected chi connectivity index (χ3v) is 4.87. The first-order valence-corrected chi connectivity index (χ1v) is 7.03. The van der Waals surface area contributed by atoms with Gasteiger partial charge in [-0.3, -0.25) is 4.68 Å². The van der Waals surface area contributed by atoms with Crippen molar-refractivity contribution in [2.24, 2.45) is 7.05 Å². The van der Waals surface area contributed by atoms with E-state index in [0.717, 1.165) is 0 Å². The Labute approximate surface area is 113 Å². The van der Waals surface area contributed by atoms with E-state index in [2.05, 4.69) is 41.4 Å². The van der Waals surface area contributed by atoms with Crippen LogP contribution in [0.15, 0.2) is 30.6 Å². The van der Waals surface area contributed by atoms with Crippen molar-refractivity contribution in [3.8, 4) is 11.1 Å². The molecule has 0 saturated heterocycles. The summed E-state index contributed by atoms with van der Waals surface area (Å²) in [5, 5.41) is 4.28. The second-order valence-corrected chi connectivity index (χ2v) is 6.12. The van der Waals surface area contributed by atoms with Crippen molar-refractivity contribution in [2.45, 2.75) is 24.7 Å². The van der Waals surface area contributed by atoms with Gasteiger partial charge in [0.2, 0.25) is 0 Å². The van der Waals surface area contributed by atoms with Gasteiger partial charge in [-0.1, -0.05) is 12.5 Å². The van der Waals surface area contributed by atoms with E-state index in [1.54, 1.807) is 5.56 Å². The average molecular weight is 253 g/mol. The SMILES string of the molecule is CN1CC2(CCC2)c2cc(-c3cnn(C)c3)ccc21. The minimum absolute atomic E-state index is 0.447. The van der Waals surface area contributed by atoms with Crippen LogP contribution in [0.2, 0.25) is 0 Å². The van der Waals surface area contributed by atoms with Gasteiger partial charge in [0, 0.05) is 43.5 Å². The van der Waals surface area contributed by atoms with E-state index >= 15 is 0 Å². The molecule has 1 aliphatic heterocycles. The minimum atomic E-state index is 0.447. The fourth-order valence-electron chi connectivity index (χ4n) is 3.70.